The molecule has 6 N–H and O–H groups in total. The molecule has 1 heterocycles. The van der Waals surface area contributed by atoms with Crippen molar-refractivity contribution in [3.63, 3.8) is 0 Å². The topological polar surface area (TPSA) is 139 Å². The summed E-state index contributed by atoms with van der Waals surface area (Å²) in [7, 11) is 0. The van der Waals surface area contributed by atoms with Crippen LogP contribution in [0.2, 0.25) is 0 Å². The lowest BCUT2D eigenvalue weighted by Gasteiger charge is -2.23. The number of rotatable bonds is 15. The average Bonchev–Trinajstić information content (AvgIpc) is 3.10. The minimum Gasteiger partial charge on any atom is -0.370 e. The number of hydrogen-bond donors (Lipinski definition) is 4. The van der Waals surface area contributed by atoms with Crippen LogP contribution < -0.4 is 22.1 Å². The summed E-state index contributed by atoms with van der Waals surface area (Å²) >= 11 is 0. The van der Waals surface area contributed by atoms with Gasteiger partial charge in [-0.2, -0.15) is 0 Å². The molecule has 0 saturated carbocycles. The Kier molecular flexibility index (Phi) is 12.0. The first-order chi connectivity index (χ1) is 23.7. The Morgan fingerprint density at radius 1 is 0.816 bits per heavy atom. The lowest BCUT2D eigenvalue weighted by atomic mass is 9.99. The van der Waals surface area contributed by atoms with Crippen LogP contribution in [0.15, 0.2) is 120 Å². The highest BCUT2D eigenvalue weighted by molar-refractivity contribution is 5.97. The molecule has 0 unspecified atom stereocenters. The molecule has 1 aromatic heterocycles. The van der Waals surface area contributed by atoms with Crippen molar-refractivity contribution < 1.29 is 14.0 Å². The SMILES string of the molecule is C[C@H](NC(=O)[C@H](CCCN=C(N)N)NC(=O)c1ccc(CN(Cc2ccc(F)cc2)Cc2ccccn2)cc1)c1cccc2ccccc12. The summed E-state index contributed by atoms with van der Waals surface area (Å²) in [5.74, 6) is -0.947. The Labute approximate surface area is 286 Å². The van der Waals surface area contributed by atoms with E-state index in [1.54, 1.807) is 30.5 Å². The molecule has 10 heteroatoms. The van der Waals surface area contributed by atoms with Gasteiger partial charge in [0, 0.05) is 37.9 Å². The van der Waals surface area contributed by atoms with Gasteiger partial charge in [-0.05, 0) is 83.6 Å². The number of amides is 2. The van der Waals surface area contributed by atoms with E-state index in [-0.39, 0.29) is 29.6 Å². The molecule has 0 fully saturated rings. The van der Waals surface area contributed by atoms with E-state index in [1.807, 2.05) is 79.7 Å². The van der Waals surface area contributed by atoms with Gasteiger partial charge in [0.05, 0.1) is 11.7 Å². The molecule has 9 nitrogen and oxygen atoms in total. The minimum absolute atomic E-state index is 0.0223. The van der Waals surface area contributed by atoms with E-state index < -0.39 is 6.04 Å². The molecule has 4 aromatic carbocycles. The van der Waals surface area contributed by atoms with Gasteiger partial charge >= 0.3 is 0 Å². The first-order valence-electron chi connectivity index (χ1n) is 16.3. The number of carbonyl (C=O) groups excluding carboxylic acids is 2. The Hall–Kier alpha value is -5.61. The molecule has 252 valence electrons. The Bertz CT molecular complexity index is 1860. The molecule has 5 rings (SSSR count). The molecule has 5 aromatic rings. The fourth-order valence-corrected chi connectivity index (χ4v) is 5.79. The molecule has 0 aliphatic heterocycles. The van der Waals surface area contributed by atoms with Gasteiger partial charge in [-0.1, -0.05) is 72.8 Å². The molecule has 2 atom stereocenters. The highest BCUT2D eigenvalue weighted by atomic mass is 19.1. The number of aliphatic imine (C=N–C) groups is 1. The molecule has 0 spiro atoms. The zero-order valence-corrected chi connectivity index (χ0v) is 27.6. The van der Waals surface area contributed by atoms with Gasteiger partial charge in [0.1, 0.15) is 11.9 Å². The van der Waals surface area contributed by atoms with Gasteiger partial charge in [-0.25, -0.2) is 4.39 Å². The highest BCUT2D eigenvalue weighted by Gasteiger charge is 2.24. The number of pyridine rings is 1. The number of benzene rings is 4. The normalized spacial score (nSPS) is 12.3. The number of carbonyl (C=O) groups is 2. The summed E-state index contributed by atoms with van der Waals surface area (Å²) in [4.78, 5) is 37.8. The van der Waals surface area contributed by atoms with E-state index in [1.165, 1.54) is 12.1 Å². The third-order valence-corrected chi connectivity index (χ3v) is 8.27. The summed E-state index contributed by atoms with van der Waals surface area (Å²) in [6.07, 6.45) is 2.61. The smallest absolute Gasteiger partial charge is 0.251 e. The van der Waals surface area contributed by atoms with Crippen molar-refractivity contribution >= 4 is 28.5 Å². The van der Waals surface area contributed by atoms with Gasteiger partial charge in [0.2, 0.25) is 5.91 Å². The fraction of sp³-hybridized carbons (Fsp3) is 0.231. The highest BCUT2D eigenvalue weighted by Crippen LogP contribution is 2.24. The van der Waals surface area contributed by atoms with Gasteiger partial charge < -0.3 is 22.1 Å². The van der Waals surface area contributed by atoms with Crippen LogP contribution in [0.3, 0.4) is 0 Å². The van der Waals surface area contributed by atoms with Gasteiger partial charge in [0.15, 0.2) is 5.96 Å². The summed E-state index contributed by atoms with van der Waals surface area (Å²) < 4.78 is 13.5. The van der Waals surface area contributed by atoms with Crippen LogP contribution in [0.1, 0.15) is 58.5 Å². The van der Waals surface area contributed by atoms with E-state index in [0.29, 0.717) is 44.6 Å². The third-order valence-electron chi connectivity index (χ3n) is 8.27. The van der Waals surface area contributed by atoms with E-state index in [4.69, 9.17) is 11.5 Å². The maximum absolute atomic E-state index is 13.6. The van der Waals surface area contributed by atoms with Crippen LogP contribution >= 0.6 is 0 Å². The third kappa shape index (κ3) is 10.2. The lowest BCUT2D eigenvalue weighted by molar-refractivity contribution is -0.123. The van der Waals surface area contributed by atoms with Gasteiger partial charge in [-0.3, -0.25) is 24.5 Å². The standard InChI is InChI=1S/C39H42FN7O2/c1-27(34-12-6-9-30-8-2-3-11-35(30)34)45-38(49)36(13-7-23-44-39(41)42)46-37(48)31-18-14-28(15-19-31)24-47(26-33-10-4-5-22-43-33)25-29-16-20-32(40)21-17-29/h2-6,8-12,14-22,27,36H,7,13,23-26H2,1H3,(H,45,49)(H,46,48)(H4,41,42,44)/t27-,36-/m0/s1. The lowest BCUT2D eigenvalue weighted by Crippen LogP contribution is -2.47. The van der Waals surface area contributed by atoms with Gasteiger partial charge in [-0.15, -0.1) is 0 Å². The number of nitrogens with one attached hydrogen (secondary N) is 2. The number of hydrogen-bond acceptors (Lipinski definition) is 5. The molecule has 0 saturated heterocycles. The summed E-state index contributed by atoms with van der Waals surface area (Å²) in [5.41, 5.74) is 15.3. The number of nitrogens with two attached hydrogens (primary N) is 2. The predicted molar refractivity (Wildman–Crippen MR) is 192 cm³/mol. The van der Waals surface area contributed by atoms with Crippen LogP contribution in [0.4, 0.5) is 4.39 Å². The molecular formula is C39H42FN7O2. The number of nitrogens with zero attached hydrogens (tertiary/aromatic N) is 3. The van der Waals surface area contributed by atoms with Crippen molar-refractivity contribution in [2.45, 2.75) is 51.5 Å². The largest absolute Gasteiger partial charge is 0.370 e. The van der Waals surface area contributed by atoms with Crippen LogP contribution in [-0.2, 0) is 24.4 Å². The molecule has 0 aliphatic carbocycles. The number of aromatic nitrogens is 1. The predicted octanol–water partition coefficient (Wildman–Crippen LogP) is 5.61. The van der Waals surface area contributed by atoms with Crippen molar-refractivity contribution in [1.29, 1.82) is 0 Å². The summed E-state index contributed by atoms with van der Waals surface area (Å²) in [6.45, 7) is 4.03. The van der Waals surface area contributed by atoms with Crippen molar-refractivity contribution in [3.05, 3.63) is 149 Å². The second kappa shape index (κ2) is 17.0. The van der Waals surface area contributed by atoms with Crippen molar-refractivity contribution in [2.24, 2.45) is 16.5 Å². The van der Waals surface area contributed by atoms with E-state index >= 15 is 0 Å². The molecule has 49 heavy (non-hydrogen) atoms. The van der Waals surface area contributed by atoms with Crippen LogP contribution in [0.5, 0.6) is 0 Å². The number of guanidine groups is 1. The quantitative estimate of drug-likeness (QED) is 0.0655. The van der Waals surface area contributed by atoms with Crippen molar-refractivity contribution in [3.8, 4) is 0 Å². The second-order valence-electron chi connectivity index (χ2n) is 12.1. The summed E-state index contributed by atoms with van der Waals surface area (Å²) in [5, 5.41) is 8.18. The van der Waals surface area contributed by atoms with Crippen LogP contribution in [0, 0.1) is 5.82 Å². The Balaban J connectivity index is 1.27. The Morgan fingerprint density at radius 3 is 2.18 bits per heavy atom. The zero-order chi connectivity index (χ0) is 34.6. The first-order valence-corrected chi connectivity index (χ1v) is 16.3. The number of halogens is 1. The summed E-state index contributed by atoms with van der Waals surface area (Å²) in [6, 6.07) is 32.5. The molecular weight excluding hydrogens is 617 g/mol. The first kappa shape index (κ1) is 34.7. The van der Waals surface area contributed by atoms with E-state index in [9.17, 15) is 14.0 Å². The van der Waals surface area contributed by atoms with Crippen LogP contribution in [-0.4, -0.2) is 40.2 Å². The molecule has 0 radical (unpaired) electrons. The van der Waals surface area contributed by atoms with Crippen LogP contribution in [0.25, 0.3) is 10.8 Å². The molecule has 0 aliphatic rings. The Morgan fingerprint density at radius 2 is 1.49 bits per heavy atom. The minimum atomic E-state index is -0.802. The maximum Gasteiger partial charge on any atom is 0.251 e. The molecule has 2 amide bonds. The maximum atomic E-state index is 13.6. The zero-order valence-electron chi connectivity index (χ0n) is 27.6. The molecule has 0 bridgehead atoms. The average molecular weight is 660 g/mol. The number of fused-ring (bicyclic) bond motifs is 1. The van der Waals surface area contributed by atoms with E-state index in [2.05, 4.69) is 25.5 Å². The fourth-order valence-electron chi connectivity index (χ4n) is 5.79. The monoisotopic (exact) mass is 659 g/mol. The van der Waals surface area contributed by atoms with Crippen molar-refractivity contribution in [1.82, 2.24) is 20.5 Å². The second-order valence-corrected chi connectivity index (χ2v) is 12.1. The van der Waals surface area contributed by atoms with E-state index in [0.717, 1.165) is 33.2 Å². The van der Waals surface area contributed by atoms with Gasteiger partial charge in [0.25, 0.3) is 5.91 Å². The van der Waals surface area contributed by atoms with Crippen molar-refractivity contribution in [2.75, 3.05) is 6.54 Å².